The molecule has 0 radical (unpaired) electrons. The third-order valence-corrected chi connectivity index (χ3v) is 2.14. The summed E-state index contributed by atoms with van der Waals surface area (Å²) in [6, 6.07) is 9.35. The molecule has 0 saturated carbocycles. The van der Waals surface area contributed by atoms with E-state index in [1.165, 1.54) is 0 Å². The van der Waals surface area contributed by atoms with Gasteiger partial charge in [-0.2, -0.15) is 0 Å². The van der Waals surface area contributed by atoms with Crippen LogP contribution in [-0.2, 0) is 9.53 Å². The third-order valence-electron chi connectivity index (χ3n) is 2.14. The second kappa shape index (κ2) is 7.57. The first-order chi connectivity index (χ1) is 8.22. The first-order valence-corrected chi connectivity index (χ1v) is 5.63. The number of hydrogen-bond acceptors (Lipinski definition) is 3. The summed E-state index contributed by atoms with van der Waals surface area (Å²) in [5.41, 5.74) is 1.41. The highest BCUT2D eigenvalue weighted by atomic mass is 16.5. The van der Waals surface area contributed by atoms with Crippen LogP contribution in [0, 0.1) is 0 Å². The summed E-state index contributed by atoms with van der Waals surface area (Å²) in [7, 11) is 0. The van der Waals surface area contributed by atoms with Crippen molar-refractivity contribution in [2.24, 2.45) is 4.99 Å². The molecule has 0 aliphatic rings. The minimum Gasteiger partial charge on any atom is -0.481 e. The van der Waals surface area contributed by atoms with Crippen LogP contribution in [0.2, 0.25) is 0 Å². The van der Waals surface area contributed by atoms with Crippen molar-refractivity contribution in [3.05, 3.63) is 30.3 Å². The smallest absolute Gasteiger partial charge is 0.309 e. The van der Waals surface area contributed by atoms with E-state index in [1.807, 2.05) is 37.3 Å². The quantitative estimate of drug-likeness (QED) is 0.584. The second-order valence-corrected chi connectivity index (χ2v) is 3.53. The summed E-state index contributed by atoms with van der Waals surface area (Å²) in [5, 5.41) is 8.80. The van der Waals surface area contributed by atoms with Crippen LogP contribution in [0.3, 0.4) is 0 Å². The molecule has 1 aromatic carbocycles. The van der Waals surface area contributed by atoms with E-state index >= 15 is 0 Å². The van der Waals surface area contributed by atoms with Crippen molar-refractivity contribution >= 4 is 17.4 Å². The van der Waals surface area contributed by atoms with Crippen LogP contribution in [-0.4, -0.2) is 30.0 Å². The summed E-state index contributed by atoms with van der Waals surface area (Å²) >= 11 is 0. The van der Waals surface area contributed by atoms with Gasteiger partial charge in [0.1, 0.15) is 0 Å². The molecule has 0 aromatic heterocycles. The molecule has 1 N–H and O–H groups in total. The molecule has 17 heavy (non-hydrogen) atoms. The van der Waals surface area contributed by atoms with Gasteiger partial charge in [-0.15, -0.1) is 0 Å². The van der Waals surface area contributed by atoms with E-state index in [-0.39, 0.29) is 6.42 Å². The molecular formula is C13H17NO3. The Morgan fingerprint density at radius 1 is 1.35 bits per heavy atom. The Labute approximate surface area is 101 Å². The van der Waals surface area contributed by atoms with Crippen LogP contribution >= 0.6 is 0 Å². The Balaban J connectivity index is 2.67. The van der Waals surface area contributed by atoms with Gasteiger partial charge in [0.05, 0.1) is 18.7 Å². The van der Waals surface area contributed by atoms with Crippen molar-refractivity contribution in [2.75, 3.05) is 13.2 Å². The van der Waals surface area contributed by atoms with Gasteiger partial charge in [-0.1, -0.05) is 18.2 Å². The minimum atomic E-state index is -0.865. The lowest BCUT2D eigenvalue weighted by Gasteiger charge is -2.04. The summed E-state index contributed by atoms with van der Waals surface area (Å²) in [6.45, 7) is 3.05. The Kier molecular flexibility index (Phi) is 5.96. The maximum Gasteiger partial charge on any atom is 0.309 e. The number of carbonyl (C=O) groups is 1. The van der Waals surface area contributed by atoms with E-state index in [1.54, 1.807) is 0 Å². The fourth-order valence-electron chi connectivity index (χ4n) is 1.38. The van der Waals surface area contributed by atoms with E-state index in [0.29, 0.717) is 25.3 Å². The van der Waals surface area contributed by atoms with Gasteiger partial charge < -0.3 is 9.84 Å². The Bertz CT molecular complexity index is 374. The molecule has 0 atom stereocenters. The number of nitrogens with zero attached hydrogens (tertiary/aromatic N) is 1. The Morgan fingerprint density at radius 3 is 2.65 bits per heavy atom. The zero-order valence-electron chi connectivity index (χ0n) is 9.93. The molecule has 0 aliphatic heterocycles. The number of ether oxygens (including phenoxy) is 1. The van der Waals surface area contributed by atoms with E-state index in [2.05, 4.69) is 4.99 Å². The van der Waals surface area contributed by atoms with Crippen molar-refractivity contribution in [1.29, 1.82) is 0 Å². The molecule has 1 rings (SSSR count). The maximum absolute atomic E-state index is 10.7. The molecule has 0 spiro atoms. The number of benzene rings is 1. The minimum absolute atomic E-state index is 0.0397. The molecule has 0 fully saturated rings. The molecule has 0 bridgehead atoms. The van der Waals surface area contributed by atoms with Gasteiger partial charge in [0.25, 0.3) is 0 Å². The van der Waals surface area contributed by atoms with E-state index in [9.17, 15) is 4.79 Å². The number of carboxylic acids is 1. The zero-order valence-corrected chi connectivity index (χ0v) is 9.93. The van der Waals surface area contributed by atoms with Crippen LogP contribution in [0.25, 0.3) is 0 Å². The van der Waals surface area contributed by atoms with Gasteiger partial charge in [0.2, 0.25) is 0 Å². The lowest BCUT2D eigenvalue weighted by Crippen LogP contribution is -2.10. The first-order valence-electron chi connectivity index (χ1n) is 5.63. The highest BCUT2D eigenvalue weighted by Crippen LogP contribution is 2.12. The van der Waals surface area contributed by atoms with Gasteiger partial charge in [0, 0.05) is 18.7 Å². The number of aliphatic imine (C=N–C) groups is 1. The molecule has 1 aromatic rings. The van der Waals surface area contributed by atoms with Gasteiger partial charge in [-0.05, 0) is 19.1 Å². The summed E-state index contributed by atoms with van der Waals surface area (Å²) in [4.78, 5) is 15.0. The van der Waals surface area contributed by atoms with Gasteiger partial charge in [-0.3, -0.25) is 9.79 Å². The monoisotopic (exact) mass is 235 g/mol. The fraction of sp³-hybridized carbons (Fsp3) is 0.385. The molecule has 0 heterocycles. The van der Waals surface area contributed by atoms with Gasteiger partial charge in [0.15, 0.2) is 0 Å². The average Bonchev–Trinajstić information content (AvgIpc) is 2.30. The summed E-state index contributed by atoms with van der Waals surface area (Å²) < 4.78 is 5.21. The van der Waals surface area contributed by atoms with Crippen LogP contribution in [0.4, 0.5) is 5.69 Å². The predicted molar refractivity (Wildman–Crippen MR) is 66.9 cm³/mol. The summed E-state index contributed by atoms with van der Waals surface area (Å²) in [5.74, 6) is -0.865. The Hall–Kier alpha value is -1.68. The lowest BCUT2D eigenvalue weighted by atomic mass is 10.2. The van der Waals surface area contributed by atoms with Gasteiger partial charge >= 0.3 is 5.97 Å². The van der Waals surface area contributed by atoms with Crippen molar-refractivity contribution < 1.29 is 14.6 Å². The van der Waals surface area contributed by atoms with E-state index < -0.39 is 5.97 Å². The molecular weight excluding hydrogens is 218 g/mol. The third kappa shape index (κ3) is 5.82. The number of para-hydroxylation sites is 1. The highest BCUT2D eigenvalue weighted by molar-refractivity contribution is 5.99. The van der Waals surface area contributed by atoms with Crippen LogP contribution in [0.1, 0.15) is 19.8 Å². The summed E-state index contributed by atoms with van der Waals surface area (Å²) in [6.07, 6.45) is 0.511. The standard InChI is InChI=1S/C13H17NO3/c1-2-17-9-8-12(10-13(15)16)14-11-6-4-3-5-7-11/h3-7H,2,8-10H2,1H3,(H,15,16). The predicted octanol–water partition coefficient (Wildman–Crippen LogP) is 2.66. The molecule has 0 amide bonds. The molecule has 0 saturated heterocycles. The van der Waals surface area contributed by atoms with Crippen LogP contribution < -0.4 is 0 Å². The fourth-order valence-corrected chi connectivity index (χ4v) is 1.38. The zero-order chi connectivity index (χ0) is 12.5. The highest BCUT2D eigenvalue weighted by Gasteiger charge is 2.06. The largest absolute Gasteiger partial charge is 0.481 e. The number of hydrogen-bond donors (Lipinski definition) is 1. The van der Waals surface area contributed by atoms with E-state index in [4.69, 9.17) is 9.84 Å². The molecule has 92 valence electrons. The second-order valence-electron chi connectivity index (χ2n) is 3.53. The van der Waals surface area contributed by atoms with Crippen molar-refractivity contribution in [2.45, 2.75) is 19.8 Å². The Morgan fingerprint density at radius 2 is 2.06 bits per heavy atom. The lowest BCUT2D eigenvalue weighted by molar-refractivity contribution is -0.135. The topological polar surface area (TPSA) is 58.9 Å². The normalized spacial score (nSPS) is 11.5. The molecule has 0 unspecified atom stereocenters. The van der Waals surface area contributed by atoms with Crippen molar-refractivity contribution in [3.8, 4) is 0 Å². The SMILES string of the molecule is CCOCCC(CC(=O)O)=Nc1ccccc1. The molecule has 4 heteroatoms. The number of aliphatic carboxylic acids is 1. The number of rotatable bonds is 7. The average molecular weight is 235 g/mol. The van der Waals surface area contributed by atoms with Crippen molar-refractivity contribution in [3.63, 3.8) is 0 Å². The van der Waals surface area contributed by atoms with Gasteiger partial charge in [-0.25, -0.2) is 0 Å². The first kappa shape index (κ1) is 13.4. The van der Waals surface area contributed by atoms with E-state index in [0.717, 1.165) is 5.69 Å². The molecule has 0 aliphatic carbocycles. The molecule has 4 nitrogen and oxygen atoms in total. The number of carboxylic acid groups (broad SMARTS) is 1. The maximum atomic E-state index is 10.7. The van der Waals surface area contributed by atoms with Crippen LogP contribution in [0.15, 0.2) is 35.3 Å². The van der Waals surface area contributed by atoms with Crippen LogP contribution in [0.5, 0.6) is 0 Å². The van der Waals surface area contributed by atoms with Crippen molar-refractivity contribution in [1.82, 2.24) is 0 Å².